The first-order chi connectivity index (χ1) is 9.79. The van der Waals surface area contributed by atoms with Gasteiger partial charge in [-0.05, 0) is 49.5 Å². The van der Waals surface area contributed by atoms with Gasteiger partial charge in [0.05, 0.1) is 4.87 Å². The Morgan fingerprint density at radius 3 is 1.85 bits per heavy atom. The Bertz CT molecular complexity index is 401. The third kappa shape index (κ3) is 3.06. The minimum atomic E-state index is 0.0261. The van der Waals surface area contributed by atoms with Gasteiger partial charge in [0.15, 0.2) is 0 Å². The molecule has 0 radical (unpaired) electrons. The smallest absolute Gasteiger partial charge is 0.0543 e. The average molecular weight is 291 g/mol. The standard InChI is InChI=1S/C19H27Cl/c20-19(18-13-7-8-14-18,17-11-5-2-6-12-17)15-16-9-3-1-4-10-16/h1,3-4,9-10,17-18H,2,5-8,11-15H2. The van der Waals surface area contributed by atoms with Crippen LogP contribution in [0.3, 0.4) is 0 Å². The number of halogens is 1. The average Bonchev–Trinajstić information content (AvgIpc) is 3.04. The molecule has 0 saturated heterocycles. The van der Waals surface area contributed by atoms with E-state index < -0.39 is 0 Å². The fraction of sp³-hybridized carbons (Fsp3) is 0.684. The molecule has 3 rings (SSSR count). The second-order valence-electron chi connectivity index (χ2n) is 6.91. The number of alkyl halides is 1. The molecule has 110 valence electrons. The highest BCUT2D eigenvalue weighted by molar-refractivity contribution is 6.24. The van der Waals surface area contributed by atoms with E-state index >= 15 is 0 Å². The van der Waals surface area contributed by atoms with Gasteiger partial charge in [-0.3, -0.25) is 0 Å². The molecule has 0 bridgehead atoms. The Kier molecular flexibility index (Phi) is 4.71. The van der Waals surface area contributed by atoms with Crippen LogP contribution in [0.2, 0.25) is 0 Å². The minimum absolute atomic E-state index is 0.0261. The van der Waals surface area contributed by atoms with Gasteiger partial charge in [-0.25, -0.2) is 0 Å². The fourth-order valence-electron chi connectivity index (χ4n) is 4.52. The van der Waals surface area contributed by atoms with Crippen molar-refractivity contribution in [2.24, 2.45) is 11.8 Å². The van der Waals surface area contributed by atoms with Crippen molar-refractivity contribution in [3.05, 3.63) is 35.9 Å². The Balaban J connectivity index is 1.81. The van der Waals surface area contributed by atoms with E-state index in [2.05, 4.69) is 30.3 Å². The Labute approximate surface area is 128 Å². The first-order valence-electron chi connectivity index (χ1n) is 8.52. The van der Waals surface area contributed by atoms with E-state index in [4.69, 9.17) is 11.6 Å². The van der Waals surface area contributed by atoms with Gasteiger partial charge < -0.3 is 0 Å². The van der Waals surface area contributed by atoms with Gasteiger partial charge in [-0.2, -0.15) is 0 Å². The molecular formula is C19H27Cl. The summed E-state index contributed by atoms with van der Waals surface area (Å²) in [4.78, 5) is 0.0261. The summed E-state index contributed by atoms with van der Waals surface area (Å²) in [5.74, 6) is 1.48. The van der Waals surface area contributed by atoms with Crippen LogP contribution in [-0.2, 0) is 6.42 Å². The first-order valence-corrected chi connectivity index (χ1v) is 8.90. The van der Waals surface area contributed by atoms with Crippen molar-refractivity contribution in [2.75, 3.05) is 0 Å². The van der Waals surface area contributed by atoms with Gasteiger partial charge in [0.25, 0.3) is 0 Å². The van der Waals surface area contributed by atoms with E-state index in [1.807, 2.05) is 0 Å². The largest absolute Gasteiger partial charge is 0.118 e. The molecular weight excluding hydrogens is 264 g/mol. The highest BCUT2D eigenvalue weighted by atomic mass is 35.5. The van der Waals surface area contributed by atoms with E-state index in [1.54, 1.807) is 0 Å². The second-order valence-corrected chi connectivity index (χ2v) is 7.61. The third-order valence-corrected chi connectivity index (χ3v) is 6.39. The molecule has 1 unspecified atom stereocenters. The van der Waals surface area contributed by atoms with Crippen LogP contribution in [0.25, 0.3) is 0 Å². The summed E-state index contributed by atoms with van der Waals surface area (Å²) < 4.78 is 0. The lowest BCUT2D eigenvalue weighted by molar-refractivity contribution is 0.204. The molecule has 0 spiro atoms. The fourth-order valence-corrected chi connectivity index (χ4v) is 5.11. The monoisotopic (exact) mass is 290 g/mol. The molecule has 1 aromatic rings. The topological polar surface area (TPSA) is 0 Å². The molecule has 2 aliphatic rings. The van der Waals surface area contributed by atoms with Crippen molar-refractivity contribution in [1.29, 1.82) is 0 Å². The van der Waals surface area contributed by atoms with Crippen LogP contribution >= 0.6 is 11.6 Å². The number of hydrogen-bond donors (Lipinski definition) is 0. The van der Waals surface area contributed by atoms with E-state index in [0.29, 0.717) is 0 Å². The summed E-state index contributed by atoms with van der Waals surface area (Å²) in [6, 6.07) is 10.9. The van der Waals surface area contributed by atoms with Crippen LogP contribution in [0.5, 0.6) is 0 Å². The molecule has 2 saturated carbocycles. The van der Waals surface area contributed by atoms with Crippen molar-refractivity contribution in [3.63, 3.8) is 0 Å². The first kappa shape index (κ1) is 14.4. The van der Waals surface area contributed by atoms with Crippen molar-refractivity contribution in [1.82, 2.24) is 0 Å². The van der Waals surface area contributed by atoms with Crippen LogP contribution in [-0.4, -0.2) is 4.87 Å². The molecule has 2 fully saturated rings. The summed E-state index contributed by atoms with van der Waals surface area (Å²) in [5, 5.41) is 0. The molecule has 1 atom stereocenters. The van der Waals surface area contributed by atoms with E-state index in [9.17, 15) is 0 Å². The Hall–Kier alpha value is -0.490. The van der Waals surface area contributed by atoms with Gasteiger partial charge in [0.2, 0.25) is 0 Å². The maximum Gasteiger partial charge on any atom is 0.0543 e. The molecule has 0 amide bonds. The van der Waals surface area contributed by atoms with Crippen LogP contribution in [0.15, 0.2) is 30.3 Å². The molecule has 0 aromatic heterocycles. The van der Waals surface area contributed by atoms with Gasteiger partial charge in [-0.1, -0.05) is 62.4 Å². The van der Waals surface area contributed by atoms with E-state index in [-0.39, 0.29) is 4.87 Å². The lowest BCUT2D eigenvalue weighted by atomic mass is 9.70. The predicted octanol–water partition coefficient (Wildman–Crippen LogP) is 5.98. The van der Waals surface area contributed by atoms with Gasteiger partial charge in [-0.15, -0.1) is 11.6 Å². The van der Waals surface area contributed by atoms with Gasteiger partial charge >= 0.3 is 0 Å². The van der Waals surface area contributed by atoms with Gasteiger partial charge in [0, 0.05) is 0 Å². The lowest BCUT2D eigenvalue weighted by Gasteiger charge is -2.42. The number of rotatable bonds is 4. The molecule has 0 aliphatic heterocycles. The van der Waals surface area contributed by atoms with Crippen molar-refractivity contribution in [3.8, 4) is 0 Å². The van der Waals surface area contributed by atoms with Crippen LogP contribution in [0.4, 0.5) is 0 Å². The van der Waals surface area contributed by atoms with E-state index in [0.717, 1.165) is 18.3 Å². The lowest BCUT2D eigenvalue weighted by Crippen LogP contribution is -2.42. The van der Waals surface area contributed by atoms with Crippen LogP contribution < -0.4 is 0 Å². The van der Waals surface area contributed by atoms with Crippen molar-refractivity contribution in [2.45, 2.75) is 69.1 Å². The Morgan fingerprint density at radius 1 is 0.800 bits per heavy atom. The summed E-state index contributed by atoms with van der Waals surface area (Å²) in [7, 11) is 0. The molecule has 20 heavy (non-hydrogen) atoms. The number of benzene rings is 1. The van der Waals surface area contributed by atoms with Crippen molar-refractivity contribution >= 4 is 11.6 Å². The Morgan fingerprint density at radius 2 is 1.30 bits per heavy atom. The highest BCUT2D eigenvalue weighted by Gasteiger charge is 2.44. The summed E-state index contributed by atoms with van der Waals surface area (Å²) in [6.45, 7) is 0. The zero-order chi connectivity index (χ0) is 13.8. The van der Waals surface area contributed by atoms with Gasteiger partial charge in [0.1, 0.15) is 0 Å². The predicted molar refractivity (Wildman–Crippen MR) is 87.3 cm³/mol. The molecule has 0 N–H and O–H groups in total. The molecule has 0 heterocycles. The third-order valence-electron chi connectivity index (χ3n) is 5.64. The molecule has 2 aliphatic carbocycles. The maximum atomic E-state index is 7.36. The highest BCUT2D eigenvalue weighted by Crippen LogP contribution is 2.49. The van der Waals surface area contributed by atoms with Crippen LogP contribution in [0, 0.1) is 11.8 Å². The number of hydrogen-bond acceptors (Lipinski definition) is 0. The molecule has 0 nitrogen and oxygen atoms in total. The minimum Gasteiger partial charge on any atom is -0.118 e. The summed E-state index contributed by atoms with van der Waals surface area (Å²) in [6.07, 6.45) is 13.5. The normalized spacial score (nSPS) is 24.6. The maximum absolute atomic E-state index is 7.36. The van der Waals surface area contributed by atoms with Crippen molar-refractivity contribution < 1.29 is 0 Å². The summed E-state index contributed by atoms with van der Waals surface area (Å²) in [5.41, 5.74) is 1.43. The zero-order valence-corrected chi connectivity index (χ0v) is 13.2. The SMILES string of the molecule is ClC(Cc1ccccc1)(C1CCCCC1)C1CCCC1. The quantitative estimate of drug-likeness (QED) is 0.599. The second kappa shape index (κ2) is 6.52. The zero-order valence-electron chi connectivity index (χ0n) is 12.5. The van der Waals surface area contributed by atoms with Crippen LogP contribution in [0.1, 0.15) is 63.4 Å². The summed E-state index contributed by atoms with van der Waals surface area (Å²) >= 11 is 7.36. The molecule has 1 aromatic carbocycles. The molecule has 1 heteroatoms. The van der Waals surface area contributed by atoms with E-state index in [1.165, 1.54) is 63.4 Å².